The molecule has 5 nitrogen and oxygen atoms in total. The maximum atomic E-state index is 13.8. The number of hydrogen-bond donors (Lipinski definition) is 0. The molecule has 0 amide bonds. The molecule has 0 saturated carbocycles. The fourth-order valence-corrected chi connectivity index (χ4v) is 3.40. The van der Waals surface area contributed by atoms with Gasteiger partial charge in [0.05, 0.1) is 7.11 Å². The van der Waals surface area contributed by atoms with Crippen molar-refractivity contribution in [2.75, 3.05) is 13.7 Å². The number of esters is 1. The summed E-state index contributed by atoms with van der Waals surface area (Å²) < 4.78 is 44.1. The van der Waals surface area contributed by atoms with Crippen LogP contribution in [0.4, 0.5) is 4.39 Å². The van der Waals surface area contributed by atoms with Gasteiger partial charge >= 0.3 is 5.97 Å². The lowest BCUT2D eigenvalue weighted by Crippen LogP contribution is -2.41. The number of hydrogen-bond acceptors (Lipinski definition) is 4. The van der Waals surface area contributed by atoms with E-state index in [4.69, 9.17) is 0 Å². The number of nitrogens with zero attached hydrogens (tertiary/aromatic N) is 1. The molecule has 0 aliphatic carbocycles. The maximum absolute atomic E-state index is 13.8. The van der Waals surface area contributed by atoms with E-state index in [9.17, 15) is 17.6 Å². The maximum Gasteiger partial charge on any atom is 0.321 e. The van der Waals surface area contributed by atoms with Crippen molar-refractivity contribution >= 4 is 16.0 Å². The van der Waals surface area contributed by atoms with Crippen LogP contribution in [0.2, 0.25) is 0 Å². The van der Waals surface area contributed by atoms with Crippen LogP contribution in [0.5, 0.6) is 0 Å². The van der Waals surface area contributed by atoms with Gasteiger partial charge in [0.15, 0.2) is 0 Å². The molecule has 0 spiro atoms. The van der Waals surface area contributed by atoms with E-state index in [0.29, 0.717) is 5.56 Å². The van der Waals surface area contributed by atoms with E-state index in [-0.39, 0.29) is 0 Å². The fraction of sp³-hybridized carbons (Fsp3) is 0.462. The first-order valence-corrected chi connectivity index (χ1v) is 7.49. The van der Waals surface area contributed by atoms with Gasteiger partial charge in [0.25, 0.3) is 0 Å². The molecular formula is C13H18FNO4S. The van der Waals surface area contributed by atoms with Crippen molar-refractivity contribution in [3.05, 3.63) is 29.6 Å². The van der Waals surface area contributed by atoms with Gasteiger partial charge in [0.2, 0.25) is 10.0 Å². The minimum Gasteiger partial charge on any atom is -0.468 e. The quantitative estimate of drug-likeness (QED) is 0.777. The first-order chi connectivity index (χ1) is 9.20. The molecule has 0 aliphatic heterocycles. The first-order valence-electron chi connectivity index (χ1n) is 6.05. The normalized spacial score (nSPS) is 11.9. The Hall–Kier alpha value is -1.47. The van der Waals surface area contributed by atoms with Crippen molar-refractivity contribution < 1.29 is 22.3 Å². The average Bonchev–Trinajstić information content (AvgIpc) is 2.37. The molecule has 0 radical (unpaired) electrons. The van der Waals surface area contributed by atoms with Gasteiger partial charge in [0.1, 0.15) is 17.3 Å². The topological polar surface area (TPSA) is 63.7 Å². The van der Waals surface area contributed by atoms with Crippen molar-refractivity contribution in [3.8, 4) is 0 Å². The Bertz CT molecular complexity index is 598. The minimum atomic E-state index is -4.10. The predicted octanol–water partition coefficient (Wildman–Crippen LogP) is 1.71. The van der Waals surface area contributed by atoms with Gasteiger partial charge in [-0.15, -0.1) is 0 Å². The molecule has 7 heteroatoms. The van der Waals surface area contributed by atoms with E-state index >= 15 is 0 Å². The van der Waals surface area contributed by atoms with Crippen LogP contribution in [0.25, 0.3) is 0 Å². The van der Waals surface area contributed by atoms with Crippen molar-refractivity contribution in [2.45, 2.75) is 31.7 Å². The Morgan fingerprint density at radius 3 is 2.50 bits per heavy atom. The lowest BCUT2D eigenvalue weighted by atomic mass is 10.2. The van der Waals surface area contributed by atoms with E-state index in [2.05, 4.69) is 4.74 Å². The summed E-state index contributed by atoms with van der Waals surface area (Å²) in [6.45, 7) is 4.42. The van der Waals surface area contributed by atoms with Gasteiger partial charge in [-0.3, -0.25) is 4.79 Å². The molecule has 1 aromatic carbocycles. The smallest absolute Gasteiger partial charge is 0.321 e. The zero-order valence-electron chi connectivity index (χ0n) is 11.9. The lowest BCUT2D eigenvalue weighted by molar-refractivity contribution is -0.141. The van der Waals surface area contributed by atoms with E-state index in [1.54, 1.807) is 20.8 Å². The van der Waals surface area contributed by atoms with Crippen LogP contribution in [0.1, 0.15) is 19.4 Å². The predicted molar refractivity (Wildman–Crippen MR) is 72.2 cm³/mol. The molecule has 1 rings (SSSR count). The Balaban J connectivity index is 3.30. The van der Waals surface area contributed by atoms with E-state index in [1.165, 1.54) is 19.2 Å². The molecule has 0 fully saturated rings. The Kier molecular flexibility index (Phi) is 5.24. The number of benzene rings is 1. The van der Waals surface area contributed by atoms with Gasteiger partial charge in [-0.25, -0.2) is 12.8 Å². The molecule has 0 unspecified atom stereocenters. The number of ether oxygens (including phenoxy) is 1. The third-order valence-corrected chi connectivity index (χ3v) is 4.80. The minimum absolute atomic E-state index is 0.435. The fourth-order valence-electron chi connectivity index (χ4n) is 1.67. The third kappa shape index (κ3) is 3.55. The summed E-state index contributed by atoms with van der Waals surface area (Å²) in [6, 6.07) is 3.32. The van der Waals surface area contributed by atoms with E-state index < -0.39 is 39.3 Å². The van der Waals surface area contributed by atoms with E-state index in [0.717, 1.165) is 10.4 Å². The number of halogens is 1. The Labute approximate surface area is 118 Å². The highest BCUT2D eigenvalue weighted by molar-refractivity contribution is 7.89. The van der Waals surface area contributed by atoms with Crippen LogP contribution in [-0.2, 0) is 19.6 Å². The highest BCUT2D eigenvalue weighted by atomic mass is 32.2. The monoisotopic (exact) mass is 303 g/mol. The molecule has 1 aromatic rings. The number of carbonyl (C=O) groups excluding carboxylic acids is 1. The van der Waals surface area contributed by atoms with Crippen molar-refractivity contribution in [2.24, 2.45) is 0 Å². The summed E-state index contributed by atoms with van der Waals surface area (Å²) in [5.74, 6) is -1.54. The van der Waals surface area contributed by atoms with E-state index in [1.807, 2.05) is 0 Å². The number of sulfonamides is 1. The van der Waals surface area contributed by atoms with Crippen LogP contribution < -0.4 is 0 Å². The molecule has 0 aromatic heterocycles. The SMILES string of the molecule is COC(=O)CN(C(C)C)S(=O)(=O)c1cc(C)ccc1F. The molecule has 0 atom stereocenters. The zero-order chi connectivity index (χ0) is 15.5. The highest BCUT2D eigenvalue weighted by Crippen LogP contribution is 2.22. The number of aryl methyl sites for hydroxylation is 1. The first kappa shape index (κ1) is 16.6. The zero-order valence-corrected chi connectivity index (χ0v) is 12.7. The average molecular weight is 303 g/mol. The molecule has 112 valence electrons. The summed E-state index contributed by atoms with van der Waals surface area (Å²) in [5.41, 5.74) is 0.617. The summed E-state index contributed by atoms with van der Waals surface area (Å²) >= 11 is 0. The summed E-state index contributed by atoms with van der Waals surface area (Å²) in [6.07, 6.45) is 0. The molecule has 0 N–H and O–H groups in total. The van der Waals surface area contributed by atoms with Gasteiger partial charge in [-0.05, 0) is 38.5 Å². The summed E-state index contributed by atoms with van der Waals surface area (Å²) in [7, 11) is -2.93. The van der Waals surface area contributed by atoms with Crippen LogP contribution in [-0.4, -0.2) is 38.4 Å². The van der Waals surface area contributed by atoms with Crippen molar-refractivity contribution in [1.82, 2.24) is 4.31 Å². The Morgan fingerprint density at radius 2 is 2.00 bits per heavy atom. The molecular weight excluding hydrogens is 285 g/mol. The van der Waals surface area contributed by atoms with Gasteiger partial charge < -0.3 is 4.74 Å². The summed E-state index contributed by atoms with van der Waals surface area (Å²) in [5, 5.41) is 0. The third-order valence-electron chi connectivity index (χ3n) is 2.76. The second-order valence-corrected chi connectivity index (χ2v) is 6.51. The number of carbonyl (C=O) groups is 1. The molecule has 0 saturated heterocycles. The largest absolute Gasteiger partial charge is 0.468 e. The standard InChI is InChI=1S/C13H18FNO4S/c1-9(2)15(8-13(16)19-4)20(17,18)12-7-10(3)5-6-11(12)14/h5-7,9H,8H2,1-4H3. The highest BCUT2D eigenvalue weighted by Gasteiger charge is 2.31. The summed E-state index contributed by atoms with van der Waals surface area (Å²) in [4.78, 5) is 10.9. The number of rotatable bonds is 5. The number of methoxy groups -OCH3 is 1. The lowest BCUT2D eigenvalue weighted by Gasteiger charge is -2.25. The Morgan fingerprint density at radius 1 is 1.40 bits per heavy atom. The molecule has 0 aliphatic rings. The van der Waals surface area contributed by atoms with Gasteiger partial charge in [-0.2, -0.15) is 4.31 Å². The molecule has 20 heavy (non-hydrogen) atoms. The van der Waals surface area contributed by atoms with Crippen LogP contribution >= 0.6 is 0 Å². The molecule has 0 bridgehead atoms. The van der Waals surface area contributed by atoms with Crippen LogP contribution in [0, 0.1) is 12.7 Å². The van der Waals surface area contributed by atoms with Crippen LogP contribution in [0.15, 0.2) is 23.1 Å². The molecule has 0 heterocycles. The van der Waals surface area contributed by atoms with Gasteiger partial charge in [0, 0.05) is 6.04 Å². The second-order valence-electron chi connectivity index (χ2n) is 4.65. The van der Waals surface area contributed by atoms with Crippen molar-refractivity contribution in [3.63, 3.8) is 0 Å². The van der Waals surface area contributed by atoms with Gasteiger partial charge in [-0.1, -0.05) is 6.07 Å². The van der Waals surface area contributed by atoms with Crippen LogP contribution in [0.3, 0.4) is 0 Å². The second kappa shape index (κ2) is 6.32. The van der Waals surface area contributed by atoms with Crippen molar-refractivity contribution in [1.29, 1.82) is 0 Å².